The number of hydrogen-bond acceptors (Lipinski definition) is 4. The second-order valence-electron chi connectivity index (χ2n) is 4.94. The van der Waals surface area contributed by atoms with Gasteiger partial charge in [-0.2, -0.15) is 0 Å². The van der Waals surface area contributed by atoms with Crippen molar-refractivity contribution in [2.24, 2.45) is 0 Å². The number of carboxylic acid groups (broad SMARTS) is 1. The monoisotopic (exact) mass is 332 g/mol. The van der Waals surface area contributed by atoms with E-state index in [2.05, 4.69) is 10.6 Å². The van der Waals surface area contributed by atoms with E-state index in [4.69, 9.17) is 5.11 Å². The minimum Gasteiger partial charge on any atom is -0.480 e. The van der Waals surface area contributed by atoms with Gasteiger partial charge in [-0.3, -0.25) is 14.4 Å². The first kappa shape index (κ1) is 16.7. The summed E-state index contributed by atoms with van der Waals surface area (Å²) in [5.41, 5.74) is 2.48. The maximum atomic E-state index is 12.2. The molecule has 0 radical (unpaired) electrons. The van der Waals surface area contributed by atoms with Gasteiger partial charge in [-0.05, 0) is 43.7 Å². The van der Waals surface area contributed by atoms with Gasteiger partial charge in [0.25, 0.3) is 11.8 Å². The van der Waals surface area contributed by atoms with Crippen molar-refractivity contribution in [3.05, 3.63) is 51.2 Å². The minimum atomic E-state index is -1.11. The van der Waals surface area contributed by atoms with Gasteiger partial charge in [-0.25, -0.2) is 0 Å². The molecule has 0 atom stereocenters. The Morgan fingerprint density at radius 2 is 1.74 bits per heavy atom. The summed E-state index contributed by atoms with van der Waals surface area (Å²) in [5.74, 6) is -1.78. The van der Waals surface area contributed by atoms with Crippen molar-refractivity contribution < 1.29 is 19.5 Å². The fourth-order valence-corrected chi connectivity index (χ4v) is 2.76. The van der Waals surface area contributed by atoms with Gasteiger partial charge in [0.15, 0.2) is 0 Å². The van der Waals surface area contributed by atoms with Crippen LogP contribution in [0.3, 0.4) is 0 Å². The summed E-state index contributed by atoms with van der Waals surface area (Å²) in [6.07, 6.45) is 0. The number of amides is 2. The first-order valence-corrected chi connectivity index (χ1v) is 7.72. The number of carbonyl (C=O) groups is 3. The highest BCUT2D eigenvalue weighted by Gasteiger charge is 2.13. The fourth-order valence-electron chi connectivity index (χ4n) is 1.90. The summed E-state index contributed by atoms with van der Waals surface area (Å²) >= 11 is 1.52. The summed E-state index contributed by atoms with van der Waals surface area (Å²) in [6.45, 7) is 3.42. The Morgan fingerprint density at radius 1 is 1.09 bits per heavy atom. The number of thiophene rings is 1. The molecule has 0 fully saturated rings. The quantitative estimate of drug-likeness (QED) is 0.783. The molecular weight excluding hydrogens is 316 g/mol. The molecule has 1 aromatic carbocycles. The van der Waals surface area contributed by atoms with Gasteiger partial charge in [0, 0.05) is 21.5 Å². The number of aliphatic carboxylic acids is 1. The molecule has 2 rings (SSSR count). The number of aryl methyl sites for hydroxylation is 1. The summed E-state index contributed by atoms with van der Waals surface area (Å²) < 4.78 is 0. The number of carboxylic acids is 1. The molecule has 7 heteroatoms. The number of hydrogen-bond donors (Lipinski definition) is 3. The molecule has 0 saturated carbocycles. The Hall–Kier alpha value is -2.67. The molecule has 0 aliphatic rings. The smallest absolute Gasteiger partial charge is 0.322 e. The Bertz CT molecular complexity index is 750. The zero-order valence-electron chi connectivity index (χ0n) is 12.7. The van der Waals surface area contributed by atoms with Crippen molar-refractivity contribution in [3.8, 4) is 0 Å². The topological polar surface area (TPSA) is 95.5 Å². The van der Waals surface area contributed by atoms with Crippen molar-refractivity contribution in [2.45, 2.75) is 13.8 Å². The van der Waals surface area contributed by atoms with E-state index in [1.807, 2.05) is 19.2 Å². The summed E-state index contributed by atoms with van der Waals surface area (Å²) in [5, 5.41) is 15.4. The molecule has 3 N–H and O–H groups in total. The van der Waals surface area contributed by atoms with E-state index in [9.17, 15) is 14.4 Å². The number of rotatable bonds is 5. The molecule has 0 aliphatic carbocycles. The standard InChI is InChI=1S/C16H16N2O4S/c1-9-10(2)23-8-13(9)16(22)18-12-5-3-11(4-6-12)15(21)17-7-14(19)20/h3-6,8H,7H2,1-2H3,(H,17,21)(H,18,22)(H,19,20). The van der Waals surface area contributed by atoms with E-state index in [1.165, 1.54) is 23.5 Å². The highest BCUT2D eigenvalue weighted by atomic mass is 32.1. The van der Waals surface area contributed by atoms with Crippen LogP contribution in [0.4, 0.5) is 5.69 Å². The van der Waals surface area contributed by atoms with Gasteiger partial charge in [0.1, 0.15) is 6.54 Å². The lowest BCUT2D eigenvalue weighted by Gasteiger charge is -2.07. The van der Waals surface area contributed by atoms with Crippen molar-refractivity contribution in [3.63, 3.8) is 0 Å². The third-order valence-electron chi connectivity index (χ3n) is 3.34. The van der Waals surface area contributed by atoms with Crippen molar-refractivity contribution in [2.75, 3.05) is 11.9 Å². The third-order valence-corrected chi connectivity index (χ3v) is 4.35. The van der Waals surface area contributed by atoms with Crippen LogP contribution >= 0.6 is 11.3 Å². The summed E-state index contributed by atoms with van der Waals surface area (Å²) in [6, 6.07) is 6.25. The lowest BCUT2D eigenvalue weighted by atomic mass is 10.1. The average Bonchev–Trinajstić information content (AvgIpc) is 2.85. The predicted octanol–water partition coefficient (Wildman–Crippen LogP) is 2.43. The Morgan fingerprint density at radius 3 is 2.26 bits per heavy atom. The molecule has 120 valence electrons. The average molecular weight is 332 g/mol. The van der Waals surface area contributed by atoms with Gasteiger partial charge in [0.2, 0.25) is 0 Å². The molecular formula is C16H16N2O4S. The molecule has 2 aromatic rings. The highest BCUT2D eigenvalue weighted by Crippen LogP contribution is 2.21. The third kappa shape index (κ3) is 4.17. The van der Waals surface area contributed by atoms with E-state index >= 15 is 0 Å². The zero-order chi connectivity index (χ0) is 17.0. The zero-order valence-corrected chi connectivity index (χ0v) is 13.5. The lowest BCUT2D eigenvalue weighted by Crippen LogP contribution is -2.29. The lowest BCUT2D eigenvalue weighted by molar-refractivity contribution is -0.135. The van der Waals surface area contributed by atoms with Crippen molar-refractivity contribution >= 4 is 34.8 Å². The van der Waals surface area contributed by atoms with Crippen LogP contribution in [-0.2, 0) is 4.79 Å². The number of carbonyl (C=O) groups excluding carboxylic acids is 2. The molecule has 0 bridgehead atoms. The summed E-state index contributed by atoms with van der Waals surface area (Å²) in [7, 11) is 0. The van der Waals surface area contributed by atoms with Crippen molar-refractivity contribution in [1.29, 1.82) is 0 Å². The second-order valence-corrected chi connectivity index (χ2v) is 6.02. The van der Waals surface area contributed by atoms with Crippen LogP contribution in [0.5, 0.6) is 0 Å². The predicted molar refractivity (Wildman–Crippen MR) is 88.2 cm³/mol. The maximum absolute atomic E-state index is 12.2. The van der Waals surface area contributed by atoms with Gasteiger partial charge in [-0.1, -0.05) is 0 Å². The van der Waals surface area contributed by atoms with E-state index in [0.717, 1.165) is 10.4 Å². The van der Waals surface area contributed by atoms with Crippen LogP contribution < -0.4 is 10.6 Å². The molecule has 23 heavy (non-hydrogen) atoms. The maximum Gasteiger partial charge on any atom is 0.322 e. The molecule has 1 aromatic heterocycles. The van der Waals surface area contributed by atoms with Gasteiger partial charge >= 0.3 is 5.97 Å². The molecule has 6 nitrogen and oxygen atoms in total. The highest BCUT2D eigenvalue weighted by molar-refractivity contribution is 7.10. The van der Waals surface area contributed by atoms with Gasteiger partial charge in [0.05, 0.1) is 5.56 Å². The minimum absolute atomic E-state index is 0.199. The van der Waals surface area contributed by atoms with Gasteiger partial charge in [-0.15, -0.1) is 11.3 Å². The van der Waals surface area contributed by atoms with E-state index in [0.29, 0.717) is 16.8 Å². The van der Waals surface area contributed by atoms with Crippen LogP contribution in [0, 0.1) is 13.8 Å². The van der Waals surface area contributed by atoms with Crippen LogP contribution in [0.1, 0.15) is 31.2 Å². The number of anilines is 1. The van der Waals surface area contributed by atoms with Gasteiger partial charge < -0.3 is 15.7 Å². The van der Waals surface area contributed by atoms with Crippen molar-refractivity contribution in [1.82, 2.24) is 5.32 Å². The van der Waals surface area contributed by atoms with E-state index < -0.39 is 18.4 Å². The Labute approximate surface area is 137 Å². The van der Waals surface area contributed by atoms with Crippen LogP contribution in [0.25, 0.3) is 0 Å². The van der Waals surface area contributed by atoms with Crippen LogP contribution in [0.2, 0.25) is 0 Å². The fraction of sp³-hybridized carbons (Fsp3) is 0.188. The molecule has 2 amide bonds. The Balaban J connectivity index is 2.02. The largest absolute Gasteiger partial charge is 0.480 e. The number of benzene rings is 1. The normalized spacial score (nSPS) is 10.2. The van der Waals surface area contributed by atoms with E-state index in [1.54, 1.807) is 12.1 Å². The SMILES string of the molecule is Cc1scc(C(=O)Nc2ccc(C(=O)NCC(=O)O)cc2)c1C. The molecule has 0 aliphatic heterocycles. The first-order valence-electron chi connectivity index (χ1n) is 6.84. The molecule has 1 heterocycles. The molecule has 0 unspecified atom stereocenters. The second kappa shape index (κ2) is 7.06. The Kier molecular flexibility index (Phi) is 5.13. The number of nitrogens with one attached hydrogen (secondary N) is 2. The molecule has 0 spiro atoms. The first-order chi connectivity index (χ1) is 10.9. The van der Waals surface area contributed by atoms with Crippen LogP contribution in [0.15, 0.2) is 29.6 Å². The molecule has 0 saturated heterocycles. The van der Waals surface area contributed by atoms with Crippen LogP contribution in [-0.4, -0.2) is 29.4 Å². The summed E-state index contributed by atoms with van der Waals surface area (Å²) in [4.78, 5) is 35.4. The van der Waals surface area contributed by atoms with E-state index in [-0.39, 0.29) is 5.91 Å².